The second-order valence-corrected chi connectivity index (χ2v) is 7.99. The Morgan fingerprint density at radius 3 is 2.53 bits per heavy atom. The van der Waals surface area contributed by atoms with Gasteiger partial charge in [0.05, 0.1) is 23.8 Å². The van der Waals surface area contributed by atoms with E-state index in [1.165, 1.54) is 35.0 Å². The van der Waals surface area contributed by atoms with Gasteiger partial charge in [0.15, 0.2) is 0 Å². The number of benzene rings is 2. The number of rotatable bonds is 6. The maximum atomic E-state index is 13.3. The molecule has 4 rings (SSSR count). The summed E-state index contributed by atoms with van der Waals surface area (Å²) in [6.45, 7) is 3.19. The van der Waals surface area contributed by atoms with Gasteiger partial charge in [0, 0.05) is 24.8 Å². The lowest BCUT2D eigenvalue weighted by Gasteiger charge is -2.32. The predicted octanol–water partition coefficient (Wildman–Crippen LogP) is 3.40. The monoisotopic (exact) mass is 464 g/mol. The van der Waals surface area contributed by atoms with Crippen LogP contribution in [0.1, 0.15) is 30.1 Å². The lowest BCUT2D eigenvalue weighted by atomic mass is 9.97. The van der Waals surface area contributed by atoms with Crippen LogP contribution in [0.5, 0.6) is 0 Å². The molecule has 8 nitrogen and oxygen atoms in total. The van der Waals surface area contributed by atoms with E-state index in [2.05, 4.69) is 10.4 Å². The standard InChI is InChI=1S/C25H25FN4O4/c1-2-34-25(33)17-5-9-20(10-6-17)27-24(32)18-4-3-15-29(16-18)22-13-14-23(31)30(28-22)21-11-7-19(26)8-12-21/h5-14,18H,2-4,15-16H2,1H3,(H,27,32). The highest BCUT2D eigenvalue weighted by atomic mass is 19.1. The SMILES string of the molecule is CCOC(=O)c1ccc(NC(=O)C2CCCN(c3ccc(=O)n(-c4ccc(F)cc4)n3)C2)cc1. The number of hydrogen-bond acceptors (Lipinski definition) is 6. The minimum Gasteiger partial charge on any atom is -0.462 e. The molecule has 1 N–H and O–H groups in total. The van der Waals surface area contributed by atoms with Crippen molar-refractivity contribution in [3.63, 3.8) is 0 Å². The Morgan fingerprint density at radius 1 is 1.09 bits per heavy atom. The van der Waals surface area contributed by atoms with Gasteiger partial charge in [0.25, 0.3) is 5.56 Å². The van der Waals surface area contributed by atoms with Gasteiger partial charge < -0.3 is 15.0 Å². The molecule has 1 aromatic heterocycles. The molecule has 0 radical (unpaired) electrons. The van der Waals surface area contributed by atoms with Gasteiger partial charge in [0.1, 0.15) is 11.6 Å². The first kappa shape index (κ1) is 23.2. The average molecular weight is 464 g/mol. The number of carbonyl (C=O) groups excluding carboxylic acids is 2. The number of nitrogens with one attached hydrogen (secondary N) is 1. The molecule has 2 heterocycles. The van der Waals surface area contributed by atoms with E-state index >= 15 is 0 Å². The Morgan fingerprint density at radius 2 is 1.82 bits per heavy atom. The third-order valence-corrected chi connectivity index (χ3v) is 5.64. The van der Waals surface area contributed by atoms with E-state index < -0.39 is 11.8 Å². The Balaban J connectivity index is 1.44. The van der Waals surface area contributed by atoms with Crippen LogP contribution in [-0.4, -0.2) is 41.4 Å². The highest BCUT2D eigenvalue weighted by Gasteiger charge is 2.27. The molecule has 34 heavy (non-hydrogen) atoms. The van der Waals surface area contributed by atoms with Crippen LogP contribution in [-0.2, 0) is 9.53 Å². The zero-order chi connectivity index (χ0) is 24.1. The highest BCUT2D eigenvalue weighted by Crippen LogP contribution is 2.23. The molecule has 1 fully saturated rings. The van der Waals surface area contributed by atoms with Crippen LogP contribution in [0, 0.1) is 11.7 Å². The number of carbonyl (C=O) groups is 2. The average Bonchev–Trinajstić information content (AvgIpc) is 2.85. The van der Waals surface area contributed by atoms with E-state index in [1.54, 1.807) is 37.3 Å². The van der Waals surface area contributed by atoms with Gasteiger partial charge in [-0.1, -0.05) is 0 Å². The smallest absolute Gasteiger partial charge is 0.338 e. The fraction of sp³-hybridized carbons (Fsp3) is 0.280. The molecule has 1 aliphatic heterocycles. The number of amides is 1. The molecule has 1 saturated heterocycles. The van der Waals surface area contributed by atoms with Crippen molar-refractivity contribution in [2.75, 3.05) is 29.9 Å². The maximum absolute atomic E-state index is 13.3. The summed E-state index contributed by atoms with van der Waals surface area (Å²) in [6, 6.07) is 15.2. The van der Waals surface area contributed by atoms with Crippen molar-refractivity contribution in [1.29, 1.82) is 0 Å². The lowest BCUT2D eigenvalue weighted by molar-refractivity contribution is -0.120. The summed E-state index contributed by atoms with van der Waals surface area (Å²) >= 11 is 0. The van der Waals surface area contributed by atoms with Gasteiger partial charge in [0.2, 0.25) is 5.91 Å². The first-order valence-electron chi connectivity index (χ1n) is 11.1. The minimum absolute atomic E-state index is 0.125. The molecule has 176 valence electrons. The molecule has 0 spiro atoms. The summed E-state index contributed by atoms with van der Waals surface area (Å²) < 4.78 is 19.5. The highest BCUT2D eigenvalue weighted by molar-refractivity contribution is 5.94. The Kier molecular flexibility index (Phi) is 7.01. The van der Waals surface area contributed by atoms with Gasteiger partial charge in [-0.3, -0.25) is 9.59 Å². The quantitative estimate of drug-likeness (QED) is 0.562. The van der Waals surface area contributed by atoms with Crippen LogP contribution >= 0.6 is 0 Å². The van der Waals surface area contributed by atoms with Gasteiger partial charge >= 0.3 is 5.97 Å². The van der Waals surface area contributed by atoms with Crippen LogP contribution < -0.4 is 15.8 Å². The minimum atomic E-state index is -0.405. The van der Waals surface area contributed by atoms with Gasteiger partial charge in [-0.2, -0.15) is 4.68 Å². The Labute approximate surface area is 196 Å². The summed E-state index contributed by atoms with van der Waals surface area (Å²) in [5.74, 6) is -0.627. The predicted molar refractivity (Wildman–Crippen MR) is 126 cm³/mol. The summed E-state index contributed by atoms with van der Waals surface area (Å²) in [7, 11) is 0. The van der Waals surface area contributed by atoms with Crippen LogP contribution in [0.15, 0.2) is 65.5 Å². The van der Waals surface area contributed by atoms with Gasteiger partial charge in [-0.05, 0) is 74.4 Å². The summed E-state index contributed by atoms with van der Waals surface area (Å²) in [6.07, 6.45) is 1.51. The fourth-order valence-electron chi connectivity index (χ4n) is 3.89. The second-order valence-electron chi connectivity index (χ2n) is 7.99. The molecule has 9 heteroatoms. The van der Waals surface area contributed by atoms with E-state index in [1.807, 2.05) is 4.90 Å². The normalized spacial score (nSPS) is 15.6. The molecule has 1 atom stereocenters. The molecule has 1 amide bonds. The van der Waals surface area contributed by atoms with E-state index in [9.17, 15) is 18.8 Å². The summed E-state index contributed by atoms with van der Waals surface area (Å²) in [4.78, 5) is 39.0. The zero-order valence-electron chi connectivity index (χ0n) is 18.7. The van der Waals surface area contributed by atoms with Crippen LogP contribution in [0.2, 0.25) is 0 Å². The van der Waals surface area contributed by atoms with Crippen molar-refractivity contribution in [3.05, 3.63) is 82.4 Å². The van der Waals surface area contributed by atoms with E-state index in [0.29, 0.717) is 42.5 Å². The summed E-state index contributed by atoms with van der Waals surface area (Å²) in [5.41, 5.74) is 1.16. The number of nitrogens with zero attached hydrogens (tertiary/aromatic N) is 3. The molecule has 1 aliphatic rings. The molecule has 0 saturated carbocycles. The fourth-order valence-corrected chi connectivity index (χ4v) is 3.89. The Hall–Kier alpha value is -4.01. The van der Waals surface area contributed by atoms with E-state index in [4.69, 9.17) is 4.74 Å². The molecule has 0 bridgehead atoms. The number of piperidine rings is 1. The number of anilines is 2. The van der Waals surface area contributed by atoms with Crippen molar-refractivity contribution in [1.82, 2.24) is 9.78 Å². The molecule has 3 aromatic rings. The van der Waals surface area contributed by atoms with Crippen molar-refractivity contribution in [3.8, 4) is 5.69 Å². The van der Waals surface area contributed by atoms with E-state index in [-0.39, 0.29) is 17.4 Å². The van der Waals surface area contributed by atoms with Crippen molar-refractivity contribution in [2.24, 2.45) is 5.92 Å². The first-order chi connectivity index (χ1) is 16.4. The van der Waals surface area contributed by atoms with Gasteiger partial charge in [-0.25, -0.2) is 9.18 Å². The van der Waals surface area contributed by atoms with Crippen LogP contribution in [0.4, 0.5) is 15.9 Å². The third kappa shape index (κ3) is 5.31. The topological polar surface area (TPSA) is 93.5 Å². The number of esters is 1. The molecule has 0 aliphatic carbocycles. The maximum Gasteiger partial charge on any atom is 0.338 e. The molecule has 1 unspecified atom stereocenters. The number of ether oxygens (including phenoxy) is 1. The molecule has 2 aromatic carbocycles. The number of hydrogen-bond donors (Lipinski definition) is 1. The van der Waals surface area contributed by atoms with Crippen molar-refractivity contribution < 1.29 is 18.7 Å². The van der Waals surface area contributed by atoms with Crippen molar-refractivity contribution in [2.45, 2.75) is 19.8 Å². The van der Waals surface area contributed by atoms with Crippen LogP contribution in [0.25, 0.3) is 5.69 Å². The number of aromatic nitrogens is 2. The van der Waals surface area contributed by atoms with Crippen LogP contribution in [0.3, 0.4) is 0 Å². The van der Waals surface area contributed by atoms with E-state index in [0.717, 1.165) is 12.8 Å². The number of halogens is 1. The molecular formula is C25H25FN4O4. The third-order valence-electron chi connectivity index (χ3n) is 5.64. The lowest BCUT2D eigenvalue weighted by Crippen LogP contribution is -2.41. The first-order valence-corrected chi connectivity index (χ1v) is 11.1. The largest absolute Gasteiger partial charge is 0.462 e. The Bertz CT molecular complexity index is 1220. The van der Waals surface area contributed by atoms with Gasteiger partial charge in [-0.15, -0.1) is 5.10 Å². The molecular weight excluding hydrogens is 439 g/mol. The summed E-state index contributed by atoms with van der Waals surface area (Å²) in [5, 5.41) is 7.35. The second kappa shape index (κ2) is 10.3. The zero-order valence-corrected chi connectivity index (χ0v) is 18.7. The van der Waals surface area contributed by atoms with Crippen molar-refractivity contribution >= 4 is 23.4 Å².